The maximum atomic E-state index is 13.1. The number of nitriles is 1. The lowest BCUT2D eigenvalue weighted by atomic mass is 9.95. The van der Waals surface area contributed by atoms with Crippen LogP contribution in [0.5, 0.6) is 0 Å². The minimum Gasteiger partial charge on any atom is -0.294 e. The fraction of sp³-hybridized carbons (Fsp3) is 0.286. The first-order valence-electron chi connectivity index (χ1n) is 11.4. The van der Waals surface area contributed by atoms with E-state index in [-0.39, 0.29) is 5.91 Å². The first kappa shape index (κ1) is 21.1. The molecule has 33 heavy (non-hydrogen) atoms. The van der Waals surface area contributed by atoms with Crippen molar-refractivity contribution in [3.63, 3.8) is 0 Å². The number of carbonyl (C=O) groups is 1. The van der Waals surface area contributed by atoms with Crippen LogP contribution in [0.2, 0.25) is 0 Å². The third-order valence-corrected chi connectivity index (χ3v) is 6.80. The lowest BCUT2D eigenvalue weighted by Crippen LogP contribution is -2.40. The first-order valence-corrected chi connectivity index (χ1v) is 11.4. The number of aliphatic imine (C=N–C) groups is 1. The van der Waals surface area contributed by atoms with E-state index in [1.165, 1.54) is 0 Å². The SMILES string of the molecule is CC1=NC2(CCCC2)C(=O)N1Cc1ccc(-c2cc(-c3cc(C)ccn3)ccc2C#N)cc1. The van der Waals surface area contributed by atoms with Crippen molar-refractivity contribution in [2.45, 2.75) is 51.6 Å². The zero-order valence-electron chi connectivity index (χ0n) is 19.0. The minimum atomic E-state index is -0.504. The summed E-state index contributed by atoms with van der Waals surface area (Å²) < 4.78 is 0. The lowest BCUT2D eigenvalue weighted by molar-refractivity contribution is -0.131. The quantitative estimate of drug-likeness (QED) is 0.531. The number of aromatic nitrogens is 1. The summed E-state index contributed by atoms with van der Waals surface area (Å²) in [5, 5.41) is 9.67. The van der Waals surface area contributed by atoms with Gasteiger partial charge in [0.2, 0.25) is 0 Å². The molecule has 0 bridgehead atoms. The first-order chi connectivity index (χ1) is 16.0. The number of benzene rings is 2. The summed E-state index contributed by atoms with van der Waals surface area (Å²) in [5.41, 5.74) is 6.03. The second-order valence-corrected chi connectivity index (χ2v) is 9.08. The summed E-state index contributed by atoms with van der Waals surface area (Å²) >= 11 is 0. The smallest absolute Gasteiger partial charge is 0.256 e. The van der Waals surface area contributed by atoms with Gasteiger partial charge in [0, 0.05) is 17.3 Å². The van der Waals surface area contributed by atoms with Crippen molar-refractivity contribution in [1.29, 1.82) is 5.26 Å². The molecule has 164 valence electrons. The van der Waals surface area contributed by atoms with Crippen molar-refractivity contribution in [2.24, 2.45) is 4.99 Å². The van der Waals surface area contributed by atoms with Gasteiger partial charge in [0.05, 0.1) is 23.9 Å². The van der Waals surface area contributed by atoms with E-state index in [1.54, 1.807) is 6.20 Å². The molecule has 2 aromatic carbocycles. The number of hydrogen-bond donors (Lipinski definition) is 0. The van der Waals surface area contributed by atoms with Gasteiger partial charge in [-0.2, -0.15) is 5.26 Å². The molecule has 1 spiro atoms. The summed E-state index contributed by atoms with van der Waals surface area (Å²) in [6, 6.07) is 20.3. The Morgan fingerprint density at radius 3 is 2.42 bits per heavy atom. The molecule has 0 atom stereocenters. The average Bonchev–Trinajstić information content (AvgIpc) is 3.39. The largest absolute Gasteiger partial charge is 0.294 e. The van der Waals surface area contributed by atoms with E-state index in [2.05, 4.69) is 11.1 Å². The van der Waals surface area contributed by atoms with Crippen LogP contribution in [0.1, 0.15) is 49.3 Å². The number of amidine groups is 1. The molecule has 1 aliphatic carbocycles. The van der Waals surface area contributed by atoms with Gasteiger partial charge in [-0.3, -0.25) is 19.7 Å². The number of amides is 1. The molecule has 0 radical (unpaired) electrons. The van der Waals surface area contributed by atoms with Crippen LogP contribution < -0.4 is 0 Å². The minimum absolute atomic E-state index is 0.145. The van der Waals surface area contributed by atoms with E-state index in [0.29, 0.717) is 12.1 Å². The van der Waals surface area contributed by atoms with Crippen LogP contribution in [0.4, 0.5) is 0 Å². The average molecular weight is 435 g/mol. The molecule has 2 aliphatic rings. The Morgan fingerprint density at radius 1 is 1.00 bits per heavy atom. The van der Waals surface area contributed by atoms with Crippen LogP contribution in [0.25, 0.3) is 22.4 Å². The zero-order valence-corrected chi connectivity index (χ0v) is 19.0. The summed E-state index contributed by atoms with van der Waals surface area (Å²) in [7, 11) is 0. The van der Waals surface area contributed by atoms with Crippen LogP contribution in [0.3, 0.4) is 0 Å². The second-order valence-electron chi connectivity index (χ2n) is 9.08. The number of hydrogen-bond acceptors (Lipinski definition) is 4. The molecular weight excluding hydrogens is 408 g/mol. The Hall–Kier alpha value is -3.78. The molecule has 1 aliphatic heterocycles. The predicted molar refractivity (Wildman–Crippen MR) is 129 cm³/mol. The highest BCUT2D eigenvalue weighted by molar-refractivity contribution is 6.07. The van der Waals surface area contributed by atoms with Crippen molar-refractivity contribution < 1.29 is 4.79 Å². The molecule has 1 saturated carbocycles. The van der Waals surface area contributed by atoms with Crippen LogP contribution in [0.15, 0.2) is 65.8 Å². The molecular formula is C28H26N4O. The molecule has 0 saturated heterocycles. The van der Waals surface area contributed by atoms with Crippen molar-refractivity contribution in [3.05, 3.63) is 77.5 Å². The monoisotopic (exact) mass is 434 g/mol. The third-order valence-electron chi connectivity index (χ3n) is 6.80. The highest BCUT2D eigenvalue weighted by Crippen LogP contribution is 2.39. The van der Waals surface area contributed by atoms with Crippen LogP contribution >= 0.6 is 0 Å². The number of carbonyl (C=O) groups excluding carboxylic acids is 1. The standard InChI is InChI=1S/C28H26N4O/c1-19-11-14-30-26(15-19)23-9-10-24(17-29)25(16-23)22-7-5-21(6-8-22)18-32-20(2)31-28(27(32)33)12-3-4-13-28/h5-11,14-16H,3-4,12-13,18H2,1-2H3. The molecule has 1 fully saturated rings. The van der Waals surface area contributed by atoms with Gasteiger partial charge < -0.3 is 0 Å². The number of rotatable bonds is 4. The summed E-state index contributed by atoms with van der Waals surface area (Å²) in [6.07, 6.45) is 5.67. The highest BCUT2D eigenvalue weighted by Gasteiger charge is 2.48. The van der Waals surface area contributed by atoms with Crippen LogP contribution in [0, 0.1) is 18.3 Å². The van der Waals surface area contributed by atoms with E-state index >= 15 is 0 Å². The normalized spacial score (nSPS) is 16.8. The maximum absolute atomic E-state index is 13.1. The van der Waals surface area contributed by atoms with E-state index in [4.69, 9.17) is 4.99 Å². The van der Waals surface area contributed by atoms with Gasteiger partial charge in [-0.15, -0.1) is 0 Å². The Bertz CT molecular complexity index is 1290. The van der Waals surface area contributed by atoms with Crippen molar-refractivity contribution in [2.75, 3.05) is 0 Å². The van der Waals surface area contributed by atoms with Crippen LogP contribution in [-0.4, -0.2) is 27.2 Å². The lowest BCUT2D eigenvalue weighted by Gasteiger charge is -2.22. The van der Waals surface area contributed by atoms with Crippen molar-refractivity contribution >= 4 is 11.7 Å². The van der Waals surface area contributed by atoms with Crippen molar-refractivity contribution in [1.82, 2.24) is 9.88 Å². The topological polar surface area (TPSA) is 69.3 Å². The summed E-state index contributed by atoms with van der Waals surface area (Å²) in [5.74, 6) is 0.961. The summed E-state index contributed by atoms with van der Waals surface area (Å²) in [6.45, 7) is 4.50. The number of pyridine rings is 1. The molecule has 1 aromatic heterocycles. The molecule has 5 nitrogen and oxygen atoms in total. The maximum Gasteiger partial charge on any atom is 0.256 e. The molecule has 5 rings (SSSR count). The van der Waals surface area contributed by atoms with Gasteiger partial charge in [-0.05, 0) is 67.6 Å². The second kappa shape index (κ2) is 8.29. The molecule has 5 heteroatoms. The molecule has 0 N–H and O–H groups in total. The zero-order chi connectivity index (χ0) is 23.0. The number of nitrogens with zero attached hydrogens (tertiary/aromatic N) is 4. The van der Waals surface area contributed by atoms with Gasteiger partial charge in [0.25, 0.3) is 5.91 Å². The van der Waals surface area contributed by atoms with E-state index in [9.17, 15) is 10.1 Å². The summed E-state index contributed by atoms with van der Waals surface area (Å²) in [4.78, 5) is 24.2. The Balaban J connectivity index is 1.41. The van der Waals surface area contributed by atoms with E-state index in [0.717, 1.165) is 65.0 Å². The fourth-order valence-electron chi connectivity index (χ4n) is 4.99. The highest BCUT2D eigenvalue weighted by atomic mass is 16.2. The van der Waals surface area contributed by atoms with Crippen molar-refractivity contribution in [3.8, 4) is 28.5 Å². The van der Waals surface area contributed by atoms with Gasteiger partial charge in [0.15, 0.2) is 0 Å². The van der Waals surface area contributed by atoms with Gasteiger partial charge in [-0.1, -0.05) is 43.2 Å². The van der Waals surface area contributed by atoms with E-state index in [1.807, 2.05) is 73.3 Å². The van der Waals surface area contributed by atoms with E-state index < -0.39 is 5.54 Å². The van der Waals surface area contributed by atoms with Gasteiger partial charge in [-0.25, -0.2) is 0 Å². The predicted octanol–water partition coefficient (Wildman–Crippen LogP) is 5.67. The molecule has 1 amide bonds. The molecule has 3 aromatic rings. The Kier molecular flexibility index (Phi) is 5.30. The number of aryl methyl sites for hydroxylation is 1. The fourth-order valence-corrected chi connectivity index (χ4v) is 4.99. The Morgan fingerprint density at radius 2 is 1.73 bits per heavy atom. The van der Waals surface area contributed by atoms with Gasteiger partial charge >= 0.3 is 0 Å². The Labute approximate surface area is 194 Å². The molecule has 0 unspecified atom stereocenters. The van der Waals surface area contributed by atoms with Gasteiger partial charge in [0.1, 0.15) is 11.4 Å². The van der Waals surface area contributed by atoms with Crippen LogP contribution in [-0.2, 0) is 11.3 Å². The molecule has 2 heterocycles. The third kappa shape index (κ3) is 3.82.